The highest BCUT2D eigenvalue weighted by Crippen LogP contribution is 2.10. The average Bonchev–Trinajstić information content (AvgIpc) is 2.79. The van der Waals surface area contributed by atoms with Crippen LogP contribution in [0.15, 0.2) is 30.3 Å². The summed E-state index contributed by atoms with van der Waals surface area (Å²) in [6.45, 7) is 4.09. The number of rotatable bonds is 13. The third-order valence-electron chi connectivity index (χ3n) is 5.29. The van der Waals surface area contributed by atoms with Crippen molar-refractivity contribution >= 4 is 23.7 Å². The standard InChI is InChI=1S/C22H34N4O7/c1-4-12(2)17(22(32)33)25-20(30)16(10-14-8-6-5-7-9-14)24-21(31)18(13(3)28)26-19(29)15(23)11-27/h5-9,12-13,15-18,27-28H,4,10-11,23H2,1-3H3,(H,24,31)(H,25,30)(H,26,29)(H,32,33). The van der Waals surface area contributed by atoms with Crippen molar-refractivity contribution in [3.8, 4) is 0 Å². The molecule has 0 aliphatic heterocycles. The van der Waals surface area contributed by atoms with Gasteiger partial charge in [0.2, 0.25) is 17.7 Å². The molecule has 0 saturated heterocycles. The van der Waals surface area contributed by atoms with Gasteiger partial charge in [-0.05, 0) is 18.4 Å². The number of hydrogen-bond donors (Lipinski definition) is 7. The maximum atomic E-state index is 13.0. The Kier molecular flexibility index (Phi) is 11.5. The molecule has 0 radical (unpaired) electrons. The highest BCUT2D eigenvalue weighted by atomic mass is 16.4. The summed E-state index contributed by atoms with van der Waals surface area (Å²) in [5.74, 6) is -4.00. The second-order valence-corrected chi connectivity index (χ2v) is 7.98. The van der Waals surface area contributed by atoms with Crippen molar-refractivity contribution in [2.24, 2.45) is 11.7 Å². The molecule has 0 aliphatic rings. The Morgan fingerprint density at radius 3 is 2.00 bits per heavy atom. The first-order chi connectivity index (χ1) is 15.5. The van der Waals surface area contributed by atoms with Gasteiger partial charge in [0.25, 0.3) is 0 Å². The first-order valence-electron chi connectivity index (χ1n) is 10.7. The van der Waals surface area contributed by atoms with E-state index in [4.69, 9.17) is 10.8 Å². The maximum Gasteiger partial charge on any atom is 0.326 e. The summed E-state index contributed by atoms with van der Waals surface area (Å²) in [6.07, 6.45) is -0.789. The Bertz CT molecular complexity index is 803. The van der Waals surface area contributed by atoms with Gasteiger partial charge in [0, 0.05) is 6.42 Å². The smallest absolute Gasteiger partial charge is 0.326 e. The number of carboxylic acid groups (broad SMARTS) is 1. The molecule has 6 atom stereocenters. The molecule has 184 valence electrons. The largest absolute Gasteiger partial charge is 0.480 e. The summed E-state index contributed by atoms with van der Waals surface area (Å²) in [7, 11) is 0. The van der Waals surface area contributed by atoms with Crippen LogP contribution in [-0.2, 0) is 25.6 Å². The van der Waals surface area contributed by atoms with Crippen LogP contribution in [-0.4, -0.2) is 75.9 Å². The molecular formula is C22H34N4O7. The van der Waals surface area contributed by atoms with Gasteiger partial charge in [0.1, 0.15) is 24.2 Å². The van der Waals surface area contributed by atoms with Crippen molar-refractivity contribution in [2.75, 3.05) is 6.61 Å². The van der Waals surface area contributed by atoms with Crippen LogP contribution in [0.3, 0.4) is 0 Å². The number of nitrogens with two attached hydrogens (primary N) is 1. The molecule has 0 fully saturated rings. The second kappa shape index (κ2) is 13.5. The van der Waals surface area contributed by atoms with Gasteiger partial charge in [0.15, 0.2) is 0 Å². The predicted molar refractivity (Wildman–Crippen MR) is 120 cm³/mol. The van der Waals surface area contributed by atoms with Crippen LogP contribution in [0.25, 0.3) is 0 Å². The summed E-state index contributed by atoms with van der Waals surface area (Å²) in [6, 6.07) is 3.67. The number of carbonyl (C=O) groups is 4. The Hall–Kier alpha value is -3.02. The average molecular weight is 467 g/mol. The summed E-state index contributed by atoms with van der Waals surface area (Å²) >= 11 is 0. The molecule has 0 aromatic heterocycles. The molecule has 6 unspecified atom stereocenters. The first-order valence-corrected chi connectivity index (χ1v) is 10.7. The third kappa shape index (κ3) is 8.79. The lowest BCUT2D eigenvalue weighted by molar-refractivity contribution is -0.144. The molecular weight excluding hydrogens is 432 g/mol. The number of aliphatic carboxylic acids is 1. The van der Waals surface area contributed by atoms with Crippen molar-refractivity contribution in [3.63, 3.8) is 0 Å². The van der Waals surface area contributed by atoms with Gasteiger partial charge in [-0.2, -0.15) is 0 Å². The van der Waals surface area contributed by atoms with Crippen molar-refractivity contribution in [2.45, 2.75) is 63.9 Å². The number of nitrogens with one attached hydrogen (secondary N) is 3. The summed E-state index contributed by atoms with van der Waals surface area (Å²) in [5, 5.41) is 35.7. The number of amides is 3. The van der Waals surface area contributed by atoms with Gasteiger partial charge in [0.05, 0.1) is 12.7 Å². The number of benzene rings is 1. The van der Waals surface area contributed by atoms with Crippen LogP contribution in [0.1, 0.15) is 32.8 Å². The van der Waals surface area contributed by atoms with E-state index in [1.165, 1.54) is 6.92 Å². The fourth-order valence-electron chi connectivity index (χ4n) is 3.01. The van der Waals surface area contributed by atoms with Gasteiger partial charge in [-0.25, -0.2) is 4.79 Å². The second-order valence-electron chi connectivity index (χ2n) is 7.98. The number of aliphatic hydroxyl groups is 2. The van der Waals surface area contributed by atoms with Crippen molar-refractivity contribution in [1.82, 2.24) is 16.0 Å². The monoisotopic (exact) mass is 466 g/mol. The lowest BCUT2D eigenvalue weighted by atomic mass is 9.98. The molecule has 3 amide bonds. The quantitative estimate of drug-likeness (QED) is 0.183. The van der Waals surface area contributed by atoms with Crippen LogP contribution < -0.4 is 21.7 Å². The minimum absolute atomic E-state index is 0.0435. The normalized spacial score (nSPS) is 16.4. The van der Waals surface area contributed by atoms with E-state index < -0.39 is 60.6 Å². The Morgan fingerprint density at radius 2 is 1.52 bits per heavy atom. The summed E-state index contributed by atoms with van der Waals surface area (Å²) in [4.78, 5) is 49.5. The van der Waals surface area contributed by atoms with E-state index in [-0.39, 0.29) is 12.3 Å². The number of aliphatic hydroxyl groups excluding tert-OH is 2. The molecule has 0 spiro atoms. The fraction of sp³-hybridized carbons (Fsp3) is 0.545. The number of carboxylic acids is 1. The molecule has 1 rings (SSSR count). The first kappa shape index (κ1) is 28.0. The van der Waals surface area contributed by atoms with Crippen LogP contribution in [0.2, 0.25) is 0 Å². The lowest BCUT2D eigenvalue weighted by Gasteiger charge is -2.27. The molecule has 33 heavy (non-hydrogen) atoms. The Labute approximate surface area is 192 Å². The van der Waals surface area contributed by atoms with Gasteiger partial charge in [-0.1, -0.05) is 50.6 Å². The zero-order chi connectivity index (χ0) is 25.1. The van der Waals surface area contributed by atoms with Crippen molar-refractivity contribution in [1.29, 1.82) is 0 Å². The topological polar surface area (TPSA) is 191 Å². The van der Waals surface area contributed by atoms with E-state index in [9.17, 15) is 29.4 Å². The van der Waals surface area contributed by atoms with Crippen LogP contribution >= 0.6 is 0 Å². The molecule has 0 bridgehead atoms. The molecule has 0 heterocycles. The maximum absolute atomic E-state index is 13.0. The minimum atomic E-state index is -1.45. The lowest BCUT2D eigenvalue weighted by Crippen LogP contribution is -2.60. The molecule has 1 aromatic rings. The molecule has 1 aromatic carbocycles. The zero-order valence-electron chi connectivity index (χ0n) is 19.0. The Morgan fingerprint density at radius 1 is 0.939 bits per heavy atom. The van der Waals surface area contributed by atoms with Gasteiger partial charge >= 0.3 is 5.97 Å². The molecule has 11 heteroatoms. The van der Waals surface area contributed by atoms with Crippen LogP contribution in [0.5, 0.6) is 0 Å². The van der Waals surface area contributed by atoms with E-state index in [1.54, 1.807) is 44.2 Å². The number of carbonyl (C=O) groups excluding carboxylic acids is 3. The minimum Gasteiger partial charge on any atom is -0.480 e. The number of hydrogen-bond acceptors (Lipinski definition) is 7. The van der Waals surface area contributed by atoms with E-state index in [0.29, 0.717) is 12.0 Å². The SMILES string of the molecule is CCC(C)C(NC(=O)C(Cc1ccccc1)NC(=O)C(NC(=O)C(N)CO)C(C)O)C(=O)O. The van der Waals surface area contributed by atoms with Crippen molar-refractivity contribution in [3.05, 3.63) is 35.9 Å². The van der Waals surface area contributed by atoms with E-state index in [0.717, 1.165) is 0 Å². The van der Waals surface area contributed by atoms with E-state index in [1.807, 2.05) is 0 Å². The predicted octanol–water partition coefficient (Wildman–Crippen LogP) is -1.49. The van der Waals surface area contributed by atoms with Gasteiger partial charge in [-0.15, -0.1) is 0 Å². The summed E-state index contributed by atoms with van der Waals surface area (Å²) < 4.78 is 0. The Balaban J connectivity index is 3.11. The van der Waals surface area contributed by atoms with E-state index in [2.05, 4.69) is 16.0 Å². The van der Waals surface area contributed by atoms with E-state index >= 15 is 0 Å². The zero-order valence-corrected chi connectivity index (χ0v) is 19.0. The summed E-state index contributed by atoms with van der Waals surface area (Å²) in [5.41, 5.74) is 6.15. The highest BCUT2D eigenvalue weighted by molar-refractivity contribution is 5.94. The van der Waals surface area contributed by atoms with Gasteiger partial charge < -0.3 is 37.0 Å². The van der Waals surface area contributed by atoms with Crippen molar-refractivity contribution < 1.29 is 34.5 Å². The van der Waals surface area contributed by atoms with Crippen LogP contribution in [0.4, 0.5) is 0 Å². The molecule has 11 nitrogen and oxygen atoms in total. The van der Waals surface area contributed by atoms with Crippen LogP contribution in [0, 0.1) is 5.92 Å². The third-order valence-corrected chi connectivity index (χ3v) is 5.29. The highest BCUT2D eigenvalue weighted by Gasteiger charge is 2.33. The van der Waals surface area contributed by atoms with Gasteiger partial charge in [-0.3, -0.25) is 14.4 Å². The molecule has 0 aliphatic carbocycles. The molecule has 0 saturated carbocycles. The molecule has 8 N–H and O–H groups in total. The fourth-order valence-corrected chi connectivity index (χ4v) is 3.01.